The van der Waals surface area contributed by atoms with Gasteiger partial charge in [0.1, 0.15) is 18.1 Å². The molecule has 0 aliphatic rings. The summed E-state index contributed by atoms with van der Waals surface area (Å²) in [5.74, 6) is -0.180. The van der Waals surface area contributed by atoms with Gasteiger partial charge in [-0.15, -0.1) is 0 Å². The number of benzene rings is 2. The van der Waals surface area contributed by atoms with E-state index in [0.29, 0.717) is 24.2 Å². The normalized spacial score (nSPS) is 10.0. The second-order valence-corrected chi connectivity index (χ2v) is 4.51. The third kappa shape index (κ3) is 3.63. The second kappa shape index (κ2) is 7.26. The summed E-state index contributed by atoms with van der Waals surface area (Å²) in [4.78, 5) is 22.5. The largest absolute Gasteiger partial charge is 0.507 e. The second-order valence-electron chi connectivity index (χ2n) is 4.51. The van der Waals surface area contributed by atoms with Gasteiger partial charge >= 0.3 is 5.97 Å². The number of aromatic hydroxyl groups is 1. The van der Waals surface area contributed by atoms with Crippen molar-refractivity contribution in [3.63, 3.8) is 0 Å². The predicted molar refractivity (Wildman–Crippen MR) is 80.2 cm³/mol. The zero-order valence-corrected chi connectivity index (χ0v) is 12.1. The van der Waals surface area contributed by atoms with Crippen LogP contribution in [0.3, 0.4) is 0 Å². The molecule has 0 amide bonds. The molecule has 2 aromatic carbocycles. The van der Waals surface area contributed by atoms with E-state index in [-0.39, 0.29) is 23.9 Å². The van der Waals surface area contributed by atoms with Crippen molar-refractivity contribution in [2.75, 3.05) is 6.61 Å². The highest BCUT2D eigenvalue weighted by atomic mass is 16.5. The zero-order chi connectivity index (χ0) is 15.9. The van der Waals surface area contributed by atoms with Crippen molar-refractivity contribution in [1.82, 2.24) is 0 Å². The van der Waals surface area contributed by atoms with Gasteiger partial charge < -0.3 is 14.6 Å². The zero-order valence-electron chi connectivity index (χ0n) is 12.1. The van der Waals surface area contributed by atoms with Crippen LogP contribution < -0.4 is 4.74 Å². The maximum absolute atomic E-state index is 11.5. The van der Waals surface area contributed by atoms with Crippen LogP contribution >= 0.6 is 0 Å². The number of phenolic OH excluding ortho intramolecular Hbond substituents is 1. The van der Waals surface area contributed by atoms with Crippen molar-refractivity contribution >= 4 is 12.3 Å². The van der Waals surface area contributed by atoms with Crippen molar-refractivity contribution in [1.29, 1.82) is 0 Å². The molecule has 0 aromatic heterocycles. The summed E-state index contributed by atoms with van der Waals surface area (Å²) in [7, 11) is 0. The first-order valence-corrected chi connectivity index (χ1v) is 6.81. The highest BCUT2D eigenvalue weighted by molar-refractivity contribution is 5.89. The summed E-state index contributed by atoms with van der Waals surface area (Å²) in [6, 6.07) is 11.4. The Hall–Kier alpha value is -2.82. The molecule has 0 saturated heterocycles. The Morgan fingerprint density at radius 3 is 2.55 bits per heavy atom. The van der Waals surface area contributed by atoms with Gasteiger partial charge in [-0.25, -0.2) is 4.79 Å². The lowest BCUT2D eigenvalue weighted by Gasteiger charge is -2.10. The molecule has 2 aromatic rings. The van der Waals surface area contributed by atoms with Crippen LogP contribution in [0.1, 0.15) is 33.2 Å². The van der Waals surface area contributed by atoms with E-state index in [1.807, 2.05) is 0 Å². The Morgan fingerprint density at radius 1 is 1.18 bits per heavy atom. The fourth-order valence-electron chi connectivity index (χ4n) is 1.89. The molecule has 0 heterocycles. The van der Waals surface area contributed by atoms with Gasteiger partial charge in [0, 0.05) is 0 Å². The van der Waals surface area contributed by atoms with Crippen molar-refractivity contribution in [2.45, 2.75) is 13.5 Å². The first-order valence-electron chi connectivity index (χ1n) is 6.81. The Kier molecular flexibility index (Phi) is 5.14. The van der Waals surface area contributed by atoms with E-state index in [1.54, 1.807) is 43.3 Å². The third-order valence-corrected chi connectivity index (χ3v) is 3.02. The van der Waals surface area contributed by atoms with E-state index in [0.717, 1.165) is 5.56 Å². The van der Waals surface area contributed by atoms with Crippen LogP contribution in [0.15, 0.2) is 42.5 Å². The molecule has 0 saturated carbocycles. The summed E-state index contributed by atoms with van der Waals surface area (Å²) in [5.41, 5.74) is 1.41. The number of esters is 1. The first kappa shape index (κ1) is 15.6. The molecule has 0 spiro atoms. The molecule has 5 nitrogen and oxygen atoms in total. The molecule has 0 radical (unpaired) electrons. The number of aldehydes is 1. The molecule has 22 heavy (non-hydrogen) atoms. The molecular formula is C17H16O5. The van der Waals surface area contributed by atoms with E-state index in [4.69, 9.17) is 9.47 Å². The van der Waals surface area contributed by atoms with E-state index >= 15 is 0 Å². The topological polar surface area (TPSA) is 72.8 Å². The molecule has 5 heteroatoms. The number of hydrogen-bond acceptors (Lipinski definition) is 5. The Bertz CT molecular complexity index is 661. The smallest absolute Gasteiger partial charge is 0.338 e. The fraction of sp³-hybridized carbons (Fsp3) is 0.176. The van der Waals surface area contributed by atoms with Crippen molar-refractivity contribution in [2.24, 2.45) is 0 Å². The number of ether oxygens (including phenoxy) is 2. The molecular weight excluding hydrogens is 284 g/mol. The Labute approximate surface area is 128 Å². The third-order valence-electron chi connectivity index (χ3n) is 3.02. The van der Waals surface area contributed by atoms with Crippen LogP contribution in [0.5, 0.6) is 11.5 Å². The minimum atomic E-state index is -0.369. The van der Waals surface area contributed by atoms with Crippen molar-refractivity contribution < 1.29 is 24.2 Å². The molecule has 0 fully saturated rings. The summed E-state index contributed by atoms with van der Waals surface area (Å²) >= 11 is 0. The van der Waals surface area contributed by atoms with Gasteiger partial charge in [0.15, 0.2) is 6.29 Å². The molecule has 0 atom stereocenters. The van der Waals surface area contributed by atoms with Gasteiger partial charge in [0.05, 0.1) is 17.7 Å². The SMILES string of the molecule is CCOC(=O)c1ccc(COc2cccc(O)c2C=O)cc1. The minimum Gasteiger partial charge on any atom is -0.507 e. The maximum Gasteiger partial charge on any atom is 0.338 e. The van der Waals surface area contributed by atoms with Crippen molar-refractivity contribution in [3.8, 4) is 11.5 Å². The van der Waals surface area contributed by atoms with Gasteiger partial charge in [-0.2, -0.15) is 0 Å². The lowest BCUT2D eigenvalue weighted by Crippen LogP contribution is -2.05. The van der Waals surface area contributed by atoms with Crippen LogP contribution in [0.2, 0.25) is 0 Å². The molecule has 0 bridgehead atoms. The molecule has 114 valence electrons. The van der Waals surface area contributed by atoms with E-state index in [9.17, 15) is 14.7 Å². The van der Waals surface area contributed by atoms with Gasteiger partial charge in [0.25, 0.3) is 0 Å². The number of hydrogen-bond donors (Lipinski definition) is 1. The van der Waals surface area contributed by atoms with E-state index in [2.05, 4.69) is 0 Å². The van der Waals surface area contributed by atoms with Crippen LogP contribution in [-0.4, -0.2) is 24.0 Å². The van der Waals surface area contributed by atoms with E-state index < -0.39 is 0 Å². The highest BCUT2D eigenvalue weighted by Gasteiger charge is 2.09. The molecule has 0 aliphatic carbocycles. The van der Waals surface area contributed by atoms with Crippen molar-refractivity contribution in [3.05, 3.63) is 59.2 Å². The van der Waals surface area contributed by atoms with Crippen LogP contribution in [0, 0.1) is 0 Å². The average Bonchev–Trinajstić information content (AvgIpc) is 2.53. The van der Waals surface area contributed by atoms with Gasteiger partial charge in [-0.05, 0) is 36.8 Å². The Morgan fingerprint density at radius 2 is 1.91 bits per heavy atom. The van der Waals surface area contributed by atoms with Gasteiger partial charge in [-0.1, -0.05) is 18.2 Å². The summed E-state index contributed by atoms with van der Waals surface area (Å²) < 4.78 is 10.4. The lowest BCUT2D eigenvalue weighted by molar-refractivity contribution is 0.0526. The summed E-state index contributed by atoms with van der Waals surface area (Å²) in [5, 5.41) is 9.57. The standard InChI is InChI=1S/C17H16O5/c1-2-21-17(20)13-8-6-12(7-9-13)11-22-16-5-3-4-15(19)14(16)10-18/h3-10,19H,2,11H2,1H3. The molecule has 0 aliphatic heterocycles. The van der Waals surface area contributed by atoms with Crippen LogP contribution in [0.25, 0.3) is 0 Å². The van der Waals surface area contributed by atoms with Crippen LogP contribution in [-0.2, 0) is 11.3 Å². The van der Waals surface area contributed by atoms with E-state index in [1.165, 1.54) is 6.07 Å². The highest BCUT2D eigenvalue weighted by Crippen LogP contribution is 2.26. The van der Waals surface area contributed by atoms with Crippen LogP contribution in [0.4, 0.5) is 0 Å². The molecule has 1 N–H and O–H groups in total. The monoisotopic (exact) mass is 300 g/mol. The predicted octanol–water partition coefficient (Wildman–Crippen LogP) is 2.96. The number of carbonyl (C=O) groups is 2. The lowest BCUT2D eigenvalue weighted by atomic mass is 10.1. The number of carbonyl (C=O) groups excluding carboxylic acids is 2. The average molecular weight is 300 g/mol. The van der Waals surface area contributed by atoms with Gasteiger partial charge in [-0.3, -0.25) is 4.79 Å². The molecule has 0 unspecified atom stereocenters. The number of phenols is 1. The molecule has 2 rings (SSSR count). The first-order chi connectivity index (χ1) is 10.7. The van der Waals surface area contributed by atoms with Gasteiger partial charge in [0.2, 0.25) is 0 Å². The Balaban J connectivity index is 2.05. The quantitative estimate of drug-likeness (QED) is 0.656. The summed E-state index contributed by atoms with van der Waals surface area (Å²) in [6.07, 6.45) is 0.550. The maximum atomic E-state index is 11.5. The summed E-state index contributed by atoms with van der Waals surface area (Å²) in [6.45, 7) is 2.29. The minimum absolute atomic E-state index is 0.116. The fourth-order valence-corrected chi connectivity index (χ4v) is 1.89. The number of rotatable bonds is 6.